The van der Waals surface area contributed by atoms with Crippen LogP contribution < -0.4 is 19.1 Å². The van der Waals surface area contributed by atoms with Crippen molar-refractivity contribution in [2.45, 2.75) is 24.8 Å². The Labute approximate surface area is 194 Å². The normalized spacial score (nSPS) is 15.3. The molecule has 1 atom stereocenters. The van der Waals surface area contributed by atoms with Gasteiger partial charge in [-0.2, -0.15) is 0 Å². The molecule has 1 N–H and O–H groups in total. The lowest BCUT2D eigenvalue weighted by molar-refractivity contribution is -0.127. The van der Waals surface area contributed by atoms with E-state index < -0.39 is 22.0 Å². The molecule has 0 saturated heterocycles. The van der Waals surface area contributed by atoms with Crippen molar-refractivity contribution in [1.29, 1.82) is 0 Å². The Bertz CT molecular complexity index is 1240. The minimum atomic E-state index is -3.88. The van der Waals surface area contributed by atoms with E-state index in [1.165, 1.54) is 4.31 Å². The van der Waals surface area contributed by atoms with Gasteiger partial charge in [-0.15, -0.1) is 0 Å². The monoisotopic (exact) mass is 466 g/mol. The van der Waals surface area contributed by atoms with Gasteiger partial charge < -0.3 is 14.8 Å². The Morgan fingerprint density at radius 2 is 1.73 bits per heavy atom. The van der Waals surface area contributed by atoms with Gasteiger partial charge >= 0.3 is 0 Å². The van der Waals surface area contributed by atoms with Crippen LogP contribution in [0.2, 0.25) is 0 Å². The fraction of sp³-hybridized carbons (Fsp3) is 0.240. The van der Waals surface area contributed by atoms with Gasteiger partial charge in [0.25, 0.3) is 15.9 Å². The molecule has 0 aromatic heterocycles. The molecule has 0 fully saturated rings. The van der Waals surface area contributed by atoms with Crippen LogP contribution in [0.4, 0.5) is 5.69 Å². The predicted octanol–water partition coefficient (Wildman–Crippen LogP) is 3.45. The van der Waals surface area contributed by atoms with Crippen LogP contribution >= 0.6 is 0 Å². The number of nitrogens with zero attached hydrogens (tertiary/aromatic N) is 1. The number of ether oxygens (including phenoxy) is 2. The number of amides is 1. The van der Waals surface area contributed by atoms with Crippen LogP contribution in [0.1, 0.15) is 11.1 Å². The van der Waals surface area contributed by atoms with Gasteiger partial charge in [-0.3, -0.25) is 9.10 Å². The maximum absolute atomic E-state index is 13.4. The van der Waals surface area contributed by atoms with Crippen molar-refractivity contribution in [2.75, 3.05) is 24.0 Å². The summed E-state index contributed by atoms with van der Waals surface area (Å²) in [5.41, 5.74) is 2.37. The molecule has 33 heavy (non-hydrogen) atoms. The largest absolute Gasteiger partial charge is 0.491 e. The summed E-state index contributed by atoms with van der Waals surface area (Å²) >= 11 is 0. The number of anilines is 1. The number of rotatable bonds is 7. The molecule has 4 rings (SSSR count). The average Bonchev–Trinajstić information content (AvgIpc) is 2.82. The highest BCUT2D eigenvalue weighted by atomic mass is 32.2. The number of nitrogens with one attached hydrogen (secondary N) is 1. The van der Waals surface area contributed by atoms with Crippen LogP contribution in [0.3, 0.4) is 0 Å². The van der Waals surface area contributed by atoms with E-state index >= 15 is 0 Å². The minimum absolute atomic E-state index is 0.127. The van der Waals surface area contributed by atoms with E-state index in [0.717, 1.165) is 16.9 Å². The van der Waals surface area contributed by atoms with Crippen molar-refractivity contribution in [3.8, 4) is 11.5 Å². The van der Waals surface area contributed by atoms with Crippen molar-refractivity contribution < 1.29 is 22.7 Å². The molecule has 1 amide bonds. The lowest BCUT2D eigenvalue weighted by atomic mass is 10.2. The van der Waals surface area contributed by atoms with Gasteiger partial charge in [0.1, 0.15) is 18.1 Å². The zero-order valence-corrected chi connectivity index (χ0v) is 19.3. The number of hydrogen-bond donors (Lipinski definition) is 1. The molecule has 3 aromatic rings. The summed E-state index contributed by atoms with van der Waals surface area (Å²) in [7, 11) is -3.88. The molecule has 1 aliphatic rings. The standard InChI is InChI=1S/C25H26N2O5S/c1-18-11-13-20(14-12-18)33(29,30)27-17-24(32-23-10-6-4-8-21(23)27)25(28)26-15-16-31-22-9-5-3-7-19(22)2/h3-14,24H,15-17H2,1-2H3,(H,26,28)/t24-/m0/s1. The number of benzene rings is 3. The molecule has 1 heterocycles. The van der Waals surface area contributed by atoms with Crippen LogP contribution in [-0.4, -0.2) is 40.1 Å². The molecule has 172 valence electrons. The summed E-state index contributed by atoms with van der Waals surface area (Å²) < 4.78 is 39.6. The molecule has 0 unspecified atom stereocenters. The molecule has 8 heteroatoms. The molecule has 7 nitrogen and oxygen atoms in total. The molecular formula is C25H26N2O5S. The third-order valence-electron chi connectivity index (χ3n) is 5.39. The lowest BCUT2D eigenvalue weighted by Crippen LogP contribution is -2.51. The van der Waals surface area contributed by atoms with Gasteiger partial charge in [0, 0.05) is 0 Å². The highest BCUT2D eigenvalue weighted by molar-refractivity contribution is 7.92. The first-order valence-corrected chi connectivity index (χ1v) is 12.1. The number of aryl methyl sites for hydroxylation is 2. The Kier molecular flexibility index (Phi) is 6.55. The van der Waals surface area contributed by atoms with Crippen molar-refractivity contribution in [3.63, 3.8) is 0 Å². The summed E-state index contributed by atoms with van der Waals surface area (Å²) in [5.74, 6) is 0.697. The maximum Gasteiger partial charge on any atom is 0.264 e. The molecule has 0 bridgehead atoms. The first-order valence-electron chi connectivity index (χ1n) is 10.7. The molecule has 0 spiro atoms. The quantitative estimate of drug-likeness (QED) is 0.539. The van der Waals surface area contributed by atoms with Crippen LogP contribution in [0.25, 0.3) is 0 Å². The Balaban J connectivity index is 1.47. The molecule has 1 aliphatic heterocycles. The smallest absolute Gasteiger partial charge is 0.264 e. The summed E-state index contributed by atoms with van der Waals surface area (Å²) in [6.45, 7) is 4.26. The van der Waals surface area contributed by atoms with Crippen LogP contribution in [0.15, 0.2) is 77.7 Å². The summed E-state index contributed by atoms with van der Waals surface area (Å²) in [6.07, 6.45) is -0.987. The zero-order valence-electron chi connectivity index (χ0n) is 18.5. The number of hydrogen-bond acceptors (Lipinski definition) is 5. The average molecular weight is 467 g/mol. The Morgan fingerprint density at radius 3 is 2.48 bits per heavy atom. The van der Waals surface area contributed by atoms with E-state index in [1.807, 2.05) is 38.1 Å². The summed E-state index contributed by atoms with van der Waals surface area (Å²) in [4.78, 5) is 13.0. The van der Waals surface area contributed by atoms with Gasteiger partial charge in [-0.05, 0) is 49.7 Å². The van der Waals surface area contributed by atoms with Gasteiger partial charge in [0.2, 0.25) is 0 Å². The first kappa shape index (κ1) is 22.7. The molecular weight excluding hydrogens is 440 g/mol. The molecule has 0 saturated carbocycles. The van der Waals surface area contributed by atoms with Gasteiger partial charge in [0.15, 0.2) is 6.10 Å². The van der Waals surface area contributed by atoms with E-state index in [0.29, 0.717) is 11.4 Å². The molecule has 0 radical (unpaired) electrons. The van der Waals surface area contributed by atoms with E-state index in [1.54, 1.807) is 48.5 Å². The zero-order chi connectivity index (χ0) is 23.4. The molecule has 0 aliphatic carbocycles. The summed E-state index contributed by atoms with van der Waals surface area (Å²) in [5, 5.41) is 2.78. The van der Waals surface area contributed by atoms with Crippen LogP contribution in [0, 0.1) is 13.8 Å². The van der Waals surface area contributed by atoms with E-state index in [9.17, 15) is 13.2 Å². The first-order chi connectivity index (χ1) is 15.9. The summed E-state index contributed by atoms with van der Waals surface area (Å²) in [6, 6.07) is 21.1. The van der Waals surface area contributed by atoms with Gasteiger partial charge in [0.05, 0.1) is 23.7 Å². The second-order valence-corrected chi connectivity index (χ2v) is 9.69. The molecule has 3 aromatic carbocycles. The topological polar surface area (TPSA) is 84.9 Å². The van der Waals surface area contributed by atoms with Crippen molar-refractivity contribution in [3.05, 3.63) is 83.9 Å². The van der Waals surface area contributed by atoms with Crippen molar-refractivity contribution in [1.82, 2.24) is 5.32 Å². The number of carbonyl (C=O) groups is 1. The third kappa shape index (κ3) is 4.96. The van der Waals surface area contributed by atoms with E-state index in [-0.39, 0.29) is 24.6 Å². The van der Waals surface area contributed by atoms with Gasteiger partial charge in [-0.25, -0.2) is 8.42 Å². The second kappa shape index (κ2) is 9.54. The SMILES string of the molecule is Cc1ccc(S(=O)(=O)N2C[C@@H](C(=O)NCCOc3ccccc3C)Oc3ccccc32)cc1. The highest BCUT2D eigenvalue weighted by Gasteiger charge is 2.37. The van der Waals surface area contributed by atoms with Crippen LogP contribution in [-0.2, 0) is 14.8 Å². The van der Waals surface area contributed by atoms with E-state index in [4.69, 9.17) is 9.47 Å². The predicted molar refractivity (Wildman–Crippen MR) is 126 cm³/mol. The third-order valence-corrected chi connectivity index (χ3v) is 7.18. The number of para-hydroxylation sites is 3. The fourth-order valence-electron chi connectivity index (χ4n) is 3.57. The Hall–Kier alpha value is -3.52. The highest BCUT2D eigenvalue weighted by Crippen LogP contribution is 2.36. The minimum Gasteiger partial charge on any atom is -0.491 e. The lowest BCUT2D eigenvalue weighted by Gasteiger charge is -2.34. The number of fused-ring (bicyclic) bond motifs is 1. The number of carbonyl (C=O) groups excluding carboxylic acids is 1. The maximum atomic E-state index is 13.4. The van der Waals surface area contributed by atoms with E-state index in [2.05, 4.69) is 5.32 Å². The number of sulfonamides is 1. The fourth-order valence-corrected chi connectivity index (χ4v) is 5.05. The Morgan fingerprint density at radius 1 is 1.03 bits per heavy atom. The second-order valence-electron chi connectivity index (χ2n) is 7.83. The van der Waals surface area contributed by atoms with Crippen LogP contribution in [0.5, 0.6) is 11.5 Å². The van der Waals surface area contributed by atoms with Crippen molar-refractivity contribution in [2.24, 2.45) is 0 Å². The van der Waals surface area contributed by atoms with Gasteiger partial charge in [-0.1, -0.05) is 48.0 Å². The van der Waals surface area contributed by atoms with Crippen molar-refractivity contribution >= 4 is 21.6 Å².